The molecule has 0 saturated heterocycles. The molecule has 2 aliphatic rings. The summed E-state index contributed by atoms with van der Waals surface area (Å²) >= 11 is 12.4. The van der Waals surface area contributed by atoms with Crippen molar-refractivity contribution in [3.05, 3.63) is 0 Å². The zero-order chi connectivity index (χ0) is 30.9. The summed E-state index contributed by atoms with van der Waals surface area (Å²) < 4.78 is 5.12. The minimum Gasteiger partial charge on any atom is -0.481 e. The first kappa shape index (κ1) is 34.3. The van der Waals surface area contributed by atoms with Crippen LogP contribution >= 0.6 is 23.2 Å². The van der Waals surface area contributed by atoms with Crippen molar-refractivity contribution in [2.75, 3.05) is 6.61 Å². The van der Waals surface area contributed by atoms with Crippen molar-refractivity contribution in [2.45, 2.75) is 101 Å². The number of oxime groups is 1. The fourth-order valence-corrected chi connectivity index (χ4v) is 5.62. The molecule has 1 aliphatic carbocycles. The van der Waals surface area contributed by atoms with Crippen LogP contribution in [0, 0.1) is 11.8 Å². The summed E-state index contributed by atoms with van der Waals surface area (Å²) in [5.74, 6) is -6.45. The normalized spacial score (nSPS) is 25.3. The molecule has 0 aromatic carbocycles. The zero-order valence-corrected chi connectivity index (χ0v) is 24.7. The van der Waals surface area contributed by atoms with E-state index in [1.165, 1.54) is 0 Å². The van der Waals surface area contributed by atoms with Crippen LogP contribution in [0.25, 0.3) is 0 Å². The van der Waals surface area contributed by atoms with E-state index in [9.17, 15) is 33.9 Å². The largest absolute Gasteiger partial charge is 0.481 e. The Morgan fingerprint density at radius 3 is 2.22 bits per heavy atom. The average molecular weight is 622 g/mol. The fraction of sp³-hybridized carbons (Fsp3) is 0.731. The van der Waals surface area contributed by atoms with Crippen LogP contribution in [0.3, 0.4) is 0 Å². The number of carbonyl (C=O) groups is 6. The molecule has 4 N–H and O–H groups in total. The third-order valence-corrected chi connectivity index (χ3v) is 8.12. The third kappa shape index (κ3) is 9.56. The zero-order valence-electron chi connectivity index (χ0n) is 23.2. The second-order valence-corrected chi connectivity index (χ2v) is 11.7. The molecule has 0 aromatic heterocycles. The molecule has 230 valence electrons. The van der Waals surface area contributed by atoms with Gasteiger partial charge in [-0.1, -0.05) is 32.3 Å². The van der Waals surface area contributed by atoms with Crippen LogP contribution in [0.1, 0.15) is 72.1 Å². The Morgan fingerprint density at radius 2 is 1.68 bits per heavy atom. The Labute approximate surface area is 247 Å². The summed E-state index contributed by atoms with van der Waals surface area (Å²) in [6, 6.07) is -2.20. The number of alkyl halides is 2. The summed E-state index contributed by atoms with van der Waals surface area (Å²) in [6.07, 6.45) is 0.510. The van der Waals surface area contributed by atoms with Gasteiger partial charge in [-0.15, -0.1) is 23.2 Å². The molecule has 1 saturated carbocycles. The molecule has 0 bridgehead atoms. The average Bonchev–Trinajstić information content (AvgIpc) is 3.33. The topological polar surface area (TPSA) is 198 Å². The van der Waals surface area contributed by atoms with Gasteiger partial charge in [0.2, 0.25) is 11.5 Å². The molecule has 0 spiro atoms. The van der Waals surface area contributed by atoms with Crippen molar-refractivity contribution in [3.63, 3.8) is 0 Å². The highest BCUT2D eigenvalue weighted by Gasteiger charge is 2.48. The lowest BCUT2D eigenvalue weighted by Gasteiger charge is -2.30. The number of hydrogen-bond acceptors (Lipinski definition) is 9. The van der Waals surface area contributed by atoms with E-state index in [0.717, 1.165) is 6.42 Å². The number of rotatable bonds is 15. The van der Waals surface area contributed by atoms with Crippen molar-refractivity contribution in [1.82, 2.24) is 10.6 Å². The van der Waals surface area contributed by atoms with Gasteiger partial charge in [0, 0.05) is 23.6 Å². The van der Waals surface area contributed by atoms with Crippen LogP contribution in [0.2, 0.25) is 0 Å². The number of Topliss-reactive ketones (excluding diaryl/α,β-unsaturated/α-hetero) is 1. The standard InChI is InChI=1S/C26H37Cl2N3O10/c1-4-26(11-17(31-41-26)23(13(2)3)30-19(33)8-9-20(34)35)25(39)29-16(10-21(36)37)18(32)12-40-24(38)22-14(27)6-5-7-15(22)28/h13-16,22-23H,4-12H2,1-3H3,(H,29,39)(H,30,33)(H,34,35)(H,36,37)/t14?,15?,16-,22?,23-,26?/m0/s1. The Balaban J connectivity index is 2.08. The lowest BCUT2D eigenvalue weighted by molar-refractivity contribution is -0.154. The number of nitrogens with one attached hydrogen (secondary N) is 2. The highest BCUT2D eigenvalue weighted by molar-refractivity contribution is 6.26. The Bertz CT molecular complexity index is 1040. The van der Waals surface area contributed by atoms with E-state index in [1.54, 1.807) is 20.8 Å². The van der Waals surface area contributed by atoms with Gasteiger partial charge in [-0.3, -0.25) is 28.8 Å². The van der Waals surface area contributed by atoms with Gasteiger partial charge >= 0.3 is 17.9 Å². The lowest BCUT2D eigenvalue weighted by Crippen LogP contribution is -2.54. The minimum absolute atomic E-state index is 0.0732. The molecule has 1 aliphatic heterocycles. The van der Waals surface area contributed by atoms with Gasteiger partial charge in [0.05, 0.1) is 30.5 Å². The van der Waals surface area contributed by atoms with Crippen molar-refractivity contribution >= 4 is 64.4 Å². The number of carboxylic acid groups (broad SMARTS) is 2. The van der Waals surface area contributed by atoms with Gasteiger partial charge in [0.1, 0.15) is 6.04 Å². The van der Waals surface area contributed by atoms with Crippen LogP contribution in [0.4, 0.5) is 0 Å². The van der Waals surface area contributed by atoms with E-state index in [-0.39, 0.29) is 31.6 Å². The molecule has 1 heterocycles. The van der Waals surface area contributed by atoms with Gasteiger partial charge in [0.25, 0.3) is 5.91 Å². The monoisotopic (exact) mass is 621 g/mol. The minimum atomic E-state index is -1.60. The van der Waals surface area contributed by atoms with E-state index >= 15 is 0 Å². The molecule has 15 heteroatoms. The van der Waals surface area contributed by atoms with Gasteiger partial charge in [-0.05, 0) is 25.2 Å². The first-order valence-corrected chi connectivity index (χ1v) is 14.3. The maximum atomic E-state index is 13.4. The molecule has 13 nitrogen and oxygen atoms in total. The predicted molar refractivity (Wildman–Crippen MR) is 147 cm³/mol. The van der Waals surface area contributed by atoms with E-state index in [2.05, 4.69) is 15.8 Å². The summed E-state index contributed by atoms with van der Waals surface area (Å²) in [7, 11) is 0. The van der Waals surface area contributed by atoms with Crippen LogP contribution < -0.4 is 10.6 Å². The van der Waals surface area contributed by atoms with E-state index < -0.39 is 82.9 Å². The highest BCUT2D eigenvalue weighted by Crippen LogP contribution is 2.34. The molecule has 0 radical (unpaired) electrons. The Kier molecular flexibility index (Phi) is 12.8. The number of hydrogen-bond donors (Lipinski definition) is 4. The molecular weight excluding hydrogens is 585 g/mol. The number of ketones is 1. The second kappa shape index (κ2) is 15.3. The molecule has 2 rings (SSSR count). The summed E-state index contributed by atoms with van der Waals surface area (Å²) in [5, 5.41) is 26.2. The SMILES string of the molecule is CCC1(C(=O)N[C@@H](CC(=O)O)C(=O)COC(=O)C2C(Cl)CCCC2Cl)CC([C@@H](NC(=O)CCC(=O)O)C(C)C)=NO1. The maximum absolute atomic E-state index is 13.4. The molecule has 41 heavy (non-hydrogen) atoms. The number of carboxylic acids is 2. The number of halogens is 2. The molecular formula is C26H37Cl2N3O10. The van der Waals surface area contributed by atoms with Crippen LogP contribution in [0.15, 0.2) is 5.16 Å². The van der Waals surface area contributed by atoms with E-state index in [0.29, 0.717) is 18.6 Å². The maximum Gasteiger partial charge on any atom is 0.312 e. The van der Waals surface area contributed by atoms with Crippen molar-refractivity contribution in [2.24, 2.45) is 17.0 Å². The number of carbonyl (C=O) groups excluding carboxylic acids is 4. The highest BCUT2D eigenvalue weighted by atomic mass is 35.5. The first-order valence-electron chi connectivity index (χ1n) is 13.5. The summed E-state index contributed by atoms with van der Waals surface area (Å²) in [4.78, 5) is 78.8. The van der Waals surface area contributed by atoms with Crippen molar-refractivity contribution < 1.29 is 48.6 Å². The van der Waals surface area contributed by atoms with Gasteiger partial charge < -0.3 is 30.4 Å². The van der Waals surface area contributed by atoms with E-state index in [4.69, 9.17) is 37.9 Å². The number of ether oxygens (including phenoxy) is 1. The van der Waals surface area contributed by atoms with Crippen LogP contribution in [-0.2, 0) is 38.3 Å². The Hall–Kier alpha value is -2.93. The second-order valence-electron chi connectivity index (χ2n) is 10.6. The number of aliphatic carboxylic acids is 2. The third-order valence-electron chi connectivity index (χ3n) is 7.14. The number of nitrogens with zero attached hydrogens (tertiary/aromatic N) is 1. The number of amides is 2. The van der Waals surface area contributed by atoms with Crippen molar-refractivity contribution in [1.29, 1.82) is 0 Å². The van der Waals surface area contributed by atoms with Gasteiger partial charge in [-0.2, -0.15) is 0 Å². The van der Waals surface area contributed by atoms with Crippen molar-refractivity contribution in [3.8, 4) is 0 Å². The lowest BCUT2D eigenvalue weighted by atomic mass is 9.87. The molecule has 2 amide bonds. The fourth-order valence-electron chi connectivity index (χ4n) is 4.68. The molecule has 5 atom stereocenters. The quantitative estimate of drug-likeness (QED) is 0.155. The molecule has 0 aromatic rings. The summed E-state index contributed by atoms with van der Waals surface area (Å²) in [5.41, 5.74) is -1.27. The molecule has 3 unspecified atom stereocenters. The number of esters is 1. The predicted octanol–water partition coefficient (Wildman–Crippen LogP) is 2.00. The summed E-state index contributed by atoms with van der Waals surface area (Å²) in [6.45, 7) is 4.44. The van der Waals surface area contributed by atoms with Gasteiger partial charge in [0.15, 0.2) is 12.4 Å². The Morgan fingerprint density at radius 1 is 1.05 bits per heavy atom. The smallest absolute Gasteiger partial charge is 0.312 e. The van der Waals surface area contributed by atoms with Crippen LogP contribution in [0.5, 0.6) is 0 Å². The van der Waals surface area contributed by atoms with Gasteiger partial charge in [-0.25, -0.2) is 0 Å². The van der Waals surface area contributed by atoms with Crippen LogP contribution in [-0.4, -0.2) is 86.5 Å². The first-order chi connectivity index (χ1) is 19.2. The molecule has 1 fully saturated rings. The van der Waals surface area contributed by atoms with E-state index in [1.807, 2.05) is 0 Å².